The quantitative estimate of drug-likeness (QED) is 0.165. The van der Waals surface area contributed by atoms with Gasteiger partial charge in [-0.1, -0.05) is 152 Å². The summed E-state index contributed by atoms with van der Waals surface area (Å²) in [6.07, 6.45) is -5.23. The van der Waals surface area contributed by atoms with Crippen molar-refractivity contribution in [1.82, 2.24) is 0 Å². The highest BCUT2D eigenvalue weighted by atomic mass is 16.7. The molecule has 1 heterocycles. The van der Waals surface area contributed by atoms with Crippen molar-refractivity contribution < 1.29 is 29.2 Å². The lowest BCUT2D eigenvalue weighted by atomic mass is 9.80. The minimum atomic E-state index is -1.36. The van der Waals surface area contributed by atoms with Crippen molar-refractivity contribution in [2.45, 2.75) is 49.5 Å². The Morgan fingerprint density at radius 2 is 0.889 bits per heavy atom. The van der Waals surface area contributed by atoms with Crippen LogP contribution in [0.4, 0.5) is 0 Å². The molecule has 0 amide bonds. The molecule has 1 saturated heterocycles. The lowest BCUT2D eigenvalue weighted by Gasteiger charge is -2.44. The van der Waals surface area contributed by atoms with E-state index < -0.39 is 36.3 Å². The van der Waals surface area contributed by atoms with Crippen LogP contribution in [0.1, 0.15) is 27.8 Å². The van der Waals surface area contributed by atoms with Crippen LogP contribution in [0.2, 0.25) is 0 Å². The van der Waals surface area contributed by atoms with Crippen LogP contribution in [-0.2, 0) is 37.8 Å². The van der Waals surface area contributed by atoms with Gasteiger partial charge in [0.05, 0.1) is 19.8 Å². The summed E-state index contributed by atoms with van der Waals surface area (Å²) in [5, 5.41) is 23.1. The second kappa shape index (κ2) is 14.8. The van der Waals surface area contributed by atoms with Crippen molar-refractivity contribution in [3.05, 3.63) is 179 Å². The van der Waals surface area contributed by atoms with Gasteiger partial charge < -0.3 is 29.2 Å². The van der Waals surface area contributed by atoms with E-state index in [4.69, 9.17) is 18.9 Å². The monoisotopic (exact) mass is 602 g/mol. The maximum absolute atomic E-state index is 11.8. The second-order valence-electron chi connectivity index (χ2n) is 11.2. The fourth-order valence-electron chi connectivity index (χ4n) is 5.92. The van der Waals surface area contributed by atoms with Gasteiger partial charge in [0.1, 0.15) is 30.0 Å². The number of rotatable bonds is 12. The second-order valence-corrected chi connectivity index (χ2v) is 11.2. The van der Waals surface area contributed by atoms with Crippen molar-refractivity contribution >= 4 is 0 Å². The normalized spacial score (nSPS) is 21.8. The van der Waals surface area contributed by atoms with Gasteiger partial charge in [0.15, 0.2) is 6.29 Å². The summed E-state index contributed by atoms with van der Waals surface area (Å²) >= 11 is 0. The molecule has 5 aromatic carbocycles. The summed E-state index contributed by atoms with van der Waals surface area (Å²) in [6.45, 7) is 0.424. The Morgan fingerprint density at radius 3 is 1.31 bits per heavy atom. The molecule has 1 fully saturated rings. The zero-order chi connectivity index (χ0) is 30.9. The molecule has 0 saturated carbocycles. The Bertz CT molecular complexity index is 1470. The molecule has 45 heavy (non-hydrogen) atoms. The maximum atomic E-state index is 11.8. The molecule has 6 rings (SSSR count). The van der Waals surface area contributed by atoms with Crippen LogP contribution in [0.5, 0.6) is 0 Å². The van der Waals surface area contributed by atoms with Crippen LogP contribution in [0.3, 0.4) is 0 Å². The molecule has 0 aromatic heterocycles. The largest absolute Gasteiger partial charge is 0.387 e. The average molecular weight is 603 g/mol. The number of benzene rings is 5. The average Bonchev–Trinajstić information content (AvgIpc) is 3.11. The zero-order valence-corrected chi connectivity index (χ0v) is 25.0. The number of ether oxygens (including phenoxy) is 4. The van der Waals surface area contributed by atoms with Gasteiger partial charge in [-0.05, 0) is 27.8 Å². The zero-order valence-electron chi connectivity index (χ0n) is 25.0. The number of hydrogen-bond donors (Lipinski definition) is 2. The number of hydrogen-bond acceptors (Lipinski definition) is 6. The van der Waals surface area contributed by atoms with Crippen molar-refractivity contribution in [3.8, 4) is 0 Å². The van der Waals surface area contributed by atoms with Crippen LogP contribution < -0.4 is 0 Å². The van der Waals surface area contributed by atoms with Gasteiger partial charge in [-0.25, -0.2) is 0 Å². The van der Waals surface area contributed by atoms with Gasteiger partial charge in [0.25, 0.3) is 0 Å². The molecule has 230 valence electrons. The van der Waals surface area contributed by atoms with Gasteiger partial charge in [0.2, 0.25) is 0 Å². The third-order valence-corrected chi connectivity index (χ3v) is 8.21. The topological polar surface area (TPSA) is 77.4 Å². The van der Waals surface area contributed by atoms with Crippen LogP contribution >= 0.6 is 0 Å². The van der Waals surface area contributed by atoms with Gasteiger partial charge in [0, 0.05) is 0 Å². The molecule has 2 N–H and O–H groups in total. The van der Waals surface area contributed by atoms with E-state index in [0.717, 1.165) is 27.8 Å². The molecule has 0 aliphatic carbocycles. The summed E-state index contributed by atoms with van der Waals surface area (Å²) < 4.78 is 25.4. The molecule has 5 aromatic rings. The molecular weight excluding hydrogens is 564 g/mol. The molecule has 1 aliphatic heterocycles. The molecule has 0 spiro atoms. The Labute approximate surface area is 264 Å². The third kappa shape index (κ3) is 7.08. The van der Waals surface area contributed by atoms with Crippen molar-refractivity contribution in [2.75, 3.05) is 6.61 Å². The van der Waals surface area contributed by atoms with Gasteiger partial charge >= 0.3 is 0 Å². The fraction of sp³-hybridized carbons (Fsp3) is 0.231. The lowest BCUT2D eigenvalue weighted by Crippen LogP contribution is -2.60. The molecular formula is C39H38O6. The number of aliphatic hydroxyl groups is 2. The molecule has 6 nitrogen and oxygen atoms in total. The first-order valence-corrected chi connectivity index (χ1v) is 15.3. The van der Waals surface area contributed by atoms with E-state index in [1.807, 2.05) is 152 Å². The first-order valence-electron chi connectivity index (χ1n) is 15.3. The third-order valence-electron chi connectivity index (χ3n) is 8.21. The van der Waals surface area contributed by atoms with Gasteiger partial charge in [-0.3, -0.25) is 0 Å². The fourth-order valence-corrected chi connectivity index (χ4v) is 5.92. The van der Waals surface area contributed by atoms with Crippen molar-refractivity contribution in [1.29, 1.82) is 0 Å². The van der Waals surface area contributed by atoms with E-state index in [1.165, 1.54) is 0 Å². The van der Waals surface area contributed by atoms with E-state index >= 15 is 0 Å². The highest BCUT2D eigenvalue weighted by Crippen LogP contribution is 2.41. The Kier molecular flexibility index (Phi) is 10.1. The molecule has 1 aliphatic rings. The molecule has 0 radical (unpaired) electrons. The minimum absolute atomic E-state index is 0.0342. The first kappa shape index (κ1) is 30.9. The molecule has 6 heteroatoms. The summed E-state index contributed by atoms with van der Waals surface area (Å²) in [7, 11) is 0. The summed E-state index contributed by atoms with van der Waals surface area (Å²) in [6, 6.07) is 49.4. The highest BCUT2D eigenvalue weighted by Gasteiger charge is 2.48. The summed E-state index contributed by atoms with van der Waals surface area (Å²) in [5.74, 6) is 0. The minimum Gasteiger partial charge on any atom is -0.387 e. The maximum Gasteiger partial charge on any atom is 0.184 e. The predicted octanol–water partition coefficient (Wildman–Crippen LogP) is 6.24. The lowest BCUT2D eigenvalue weighted by molar-refractivity contribution is -0.311. The smallest absolute Gasteiger partial charge is 0.184 e. The Balaban J connectivity index is 1.30. The highest BCUT2D eigenvalue weighted by molar-refractivity contribution is 5.47. The van der Waals surface area contributed by atoms with E-state index in [0.29, 0.717) is 0 Å². The summed E-state index contributed by atoms with van der Waals surface area (Å²) in [4.78, 5) is 0. The Morgan fingerprint density at radius 1 is 0.511 bits per heavy atom. The van der Waals surface area contributed by atoms with Crippen molar-refractivity contribution in [3.63, 3.8) is 0 Å². The number of aliphatic hydroxyl groups excluding tert-OH is 2. The standard InChI is InChI=1S/C39H38O6/c40-35-34(28-44-39(31-20-10-3-11-21-31,32-22-12-4-13-23-32)33-24-14-5-15-25-33)45-38(41)37(43-27-30-18-8-2-9-19-30)36(35)42-26-29-16-6-1-7-17-29/h1-25,34-38,40-41H,26-28H2/t34-,35+,36+,37-,38+/m1/s1. The molecule has 0 unspecified atom stereocenters. The van der Waals surface area contributed by atoms with Crippen LogP contribution in [-0.4, -0.2) is 47.5 Å². The molecule has 0 bridgehead atoms. The molecule has 5 atom stereocenters. The predicted molar refractivity (Wildman–Crippen MR) is 172 cm³/mol. The van der Waals surface area contributed by atoms with E-state index in [-0.39, 0.29) is 19.8 Å². The SMILES string of the molecule is O[C@@H]1[C@H](OCc2ccccc2)[C@@H](OCc2ccccc2)[C@@H](O)O[C@@H]1COC(c1ccccc1)(c1ccccc1)c1ccccc1. The van der Waals surface area contributed by atoms with E-state index in [9.17, 15) is 10.2 Å². The first-order chi connectivity index (χ1) is 22.1. The Hall–Kier alpha value is -4.14. The van der Waals surface area contributed by atoms with Crippen molar-refractivity contribution in [2.24, 2.45) is 0 Å². The summed E-state index contributed by atoms with van der Waals surface area (Å²) in [5.41, 5.74) is 3.64. The van der Waals surface area contributed by atoms with Gasteiger partial charge in [-0.15, -0.1) is 0 Å². The van der Waals surface area contributed by atoms with E-state index in [1.54, 1.807) is 0 Å². The van der Waals surface area contributed by atoms with E-state index in [2.05, 4.69) is 0 Å². The van der Waals surface area contributed by atoms with Gasteiger partial charge in [-0.2, -0.15) is 0 Å². The van der Waals surface area contributed by atoms with Crippen LogP contribution in [0.25, 0.3) is 0 Å². The van der Waals surface area contributed by atoms with Crippen LogP contribution in [0.15, 0.2) is 152 Å². The van der Waals surface area contributed by atoms with Crippen LogP contribution in [0, 0.1) is 0 Å².